The van der Waals surface area contributed by atoms with Gasteiger partial charge in [0.05, 0.1) is 18.0 Å². The zero-order chi connectivity index (χ0) is 32.4. The van der Waals surface area contributed by atoms with Gasteiger partial charge in [-0.25, -0.2) is 0 Å². The largest absolute Gasteiger partial charge is 0.378 e. The van der Waals surface area contributed by atoms with Gasteiger partial charge in [-0.05, 0) is 29.6 Å². The van der Waals surface area contributed by atoms with Crippen LogP contribution in [0.4, 0.5) is 0 Å². The van der Waals surface area contributed by atoms with Crippen molar-refractivity contribution in [3.05, 3.63) is 104 Å². The number of benzene rings is 2. The number of Topliss-reactive ketones (excluding diaryl/α,β-unsaturated/α-hetero) is 4. The first-order valence-corrected chi connectivity index (χ1v) is 13.9. The first kappa shape index (κ1) is 31.7. The number of allylic oxidation sites excluding steroid dienone is 2. The molecular weight excluding hydrogens is 604 g/mol. The number of nitrogens with zero attached hydrogens (tertiary/aromatic N) is 6. The van der Waals surface area contributed by atoms with Crippen LogP contribution in [-0.4, -0.2) is 65.1 Å². The second kappa shape index (κ2) is 11.8. The molecular formula is C26H20N6O11S. The van der Waals surface area contributed by atoms with Crippen LogP contribution in [-0.2, 0) is 28.6 Å². The fourth-order valence-electron chi connectivity index (χ4n) is 4.45. The zero-order valence-corrected chi connectivity index (χ0v) is 23.2. The van der Waals surface area contributed by atoms with Gasteiger partial charge in [-0.15, -0.1) is 0 Å². The van der Waals surface area contributed by atoms with Gasteiger partial charge in [-0.2, -0.15) is 8.42 Å². The van der Waals surface area contributed by atoms with E-state index in [0.29, 0.717) is 6.08 Å². The van der Waals surface area contributed by atoms with Gasteiger partial charge in [0.2, 0.25) is 17.3 Å². The molecule has 0 bridgehead atoms. The molecule has 2 aliphatic rings. The van der Waals surface area contributed by atoms with Gasteiger partial charge in [0.15, 0.2) is 11.5 Å². The number of aliphatic hydroxyl groups is 3. The molecule has 0 heterocycles. The second-order valence-electron chi connectivity index (χ2n) is 9.22. The smallest absolute Gasteiger partial charge is 0.339 e. The maximum absolute atomic E-state index is 13.8. The molecule has 17 nitrogen and oxygen atoms in total. The van der Waals surface area contributed by atoms with Crippen LogP contribution in [0.3, 0.4) is 0 Å². The molecule has 0 saturated carbocycles. The van der Waals surface area contributed by atoms with E-state index in [0.717, 1.165) is 18.2 Å². The Kier molecular flexibility index (Phi) is 8.53. The lowest BCUT2D eigenvalue weighted by Gasteiger charge is -2.42. The van der Waals surface area contributed by atoms with E-state index in [1.807, 2.05) is 0 Å². The van der Waals surface area contributed by atoms with Crippen LogP contribution < -0.4 is 0 Å². The third kappa shape index (κ3) is 5.14. The lowest BCUT2D eigenvalue weighted by molar-refractivity contribution is -0.346. The molecule has 0 fully saturated rings. The average Bonchev–Trinajstić information content (AvgIpc) is 3.01. The molecule has 4 rings (SSSR count). The minimum absolute atomic E-state index is 0.0879. The van der Waals surface area contributed by atoms with Gasteiger partial charge in [-0.1, -0.05) is 59.6 Å². The van der Waals surface area contributed by atoms with Crippen LogP contribution in [0.2, 0.25) is 0 Å². The molecule has 226 valence electrons. The van der Waals surface area contributed by atoms with Crippen LogP contribution in [0.5, 0.6) is 0 Å². The molecule has 0 radical (unpaired) electrons. The summed E-state index contributed by atoms with van der Waals surface area (Å²) in [6.07, 6.45) is 0.652. The molecule has 0 aromatic heterocycles. The Labute approximate surface area is 247 Å². The van der Waals surface area contributed by atoms with Crippen molar-refractivity contribution in [1.82, 2.24) is 0 Å². The highest BCUT2D eigenvalue weighted by Crippen LogP contribution is 2.43. The zero-order valence-electron chi connectivity index (χ0n) is 22.4. The molecule has 0 spiro atoms. The van der Waals surface area contributed by atoms with Crippen LogP contribution in [0.15, 0.2) is 81.2 Å². The number of fused-ring (bicyclic) bond motifs is 1. The van der Waals surface area contributed by atoms with E-state index >= 15 is 0 Å². The first-order valence-electron chi connectivity index (χ1n) is 12.4. The minimum atomic E-state index is -5.38. The summed E-state index contributed by atoms with van der Waals surface area (Å²) < 4.78 is 37.7. The predicted octanol–water partition coefficient (Wildman–Crippen LogP) is 2.21. The first-order chi connectivity index (χ1) is 20.8. The van der Waals surface area contributed by atoms with Gasteiger partial charge >= 0.3 is 10.1 Å². The Morgan fingerprint density at radius 1 is 0.955 bits per heavy atom. The molecule has 2 aromatic rings. The van der Waals surface area contributed by atoms with Crippen molar-refractivity contribution >= 4 is 38.9 Å². The Morgan fingerprint density at radius 3 is 2.20 bits per heavy atom. The monoisotopic (exact) mass is 624 g/mol. The van der Waals surface area contributed by atoms with Crippen molar-refractivity contribution in [2.45, 2.75) is 29.8 Å². The number of azide groups is 2. The SMILES string of the molecule is CCCOC1(O)C(OS(=O)(=O)c2cccc3c2C(N=[N+]=[N-])=C(N=[N+]=[N-])C(=O)C3=O)=CC(C(=O)c2ccccc2)C(=O)C1(O)O. The Balaban J connectivity index is 1.96. The molecule has 0 aliphatic heterocycles. The second-order valence-corrected chi connectivity index (χ2v) is 10.7. The topological polar surface area (TPSA) is 279 Å². The summed E-state index contributed by atoms with van der Waals surface area (Å²) in [6, 6.07) is 9.89. The van der Waals surface area contributed by atoms with Crippen molar-refractivity contribution in [2.24, 2.45) is 16.1 Å². The predicted molar refractivity (Wildman–Crippen MR) is 145 cm³/mol. The lowest BCUT2D eigenvalue weighted by Crippen LogP contribution is -2.66. The van der Waals surface area contributed by atoms with Crippen LogP contribution in [0, 0.1) is 5.92 Å². The summed E-state index contributed by atoms with van der Waals surface area (Å²) in [7, 11) is -5.38. The molecule has 2 aliphatic carbocycles. The van der Waals surface area contributed by atoms with E-state index in [1.165, 1.54) is 31.2 Å². The highest BCUT2D eigenvalue weighted by molar-refractivity contribution is 7.87. The number of ketones is 4. The maximum Gasteiger partial charge on any atom is 0.339 e. The average molecular weight is 625 g/mol. The maximum atomic E-state index is 13.8. The summed E-state index contributed by atoms with van der Waals surface area (Å²) in [5, 5.41) is 39.2. The number of hydrogen-bond acceptors (Lipinski definition) is 13. The third-order valence-electron chi connectivity index (χ3n) is 6.52. The van der Waals surface area contributed by atoms with Gasteiger partial charge < -0.3 is 24.2 Å². The molecule has 2 aromatic carbocycles. The van der Waals surface area contributed by atoms with E-state index in [4.69, 9.17) is 20.0 Å². The quantitative estimate of drug-likeness (QED) is 0.0503. The summed E-state index contributed by atoms with van der Waals surface area (Å²) in [4.78, 5) is 55.5. The van der Waals surface area contributed by atoms with Crippen molar-refractivity contribution in [1.29, 1.82) is 0 Å². The Morgan fingerprint density at radius 2 is 1.59 bits per heavy atom. The van der Waals surface area contributed by atoms with Gasteiger partial charge in [0, 0.05) is 26.5 Å². The molecule has 0 amide bonds. The summed E-state index contributed by atoms with van der Waals surface area (Å²) >= 11 is 0. The molecule has 2 unspecified atom stereocenters. The molecule has 0 saturated heterocycles. The number of carbonyl (C=O) groups is 4. The van der Waals surface area contributed by atoms with Crippen molar-refractivity contribution in [3.63, 3.8) is 0 Å². The fourth-order valence-corrected chi connectivity index (χ4v) is 5.65. The third-order valence-corrected chi connectivity index (χ3v) is 7.80. The van der Waals surface area contributed by atoms with E-state index < -0.39 is 90.5 Å². The number of hydrogen-bond donors (Lipinski definition) is 3. The van der Waals surface area contributed by atoms with E-state index in [2.05, 4.69) is 20.1 Å². The number of rotatable bonds is 10. The summed E-state index contributed by atoms with van der Waals surface area (Å²) in [5.74, 6) is -16.3. The number of ether oxygens (including phenoxy) is 1. The highest BCUT2D eigenvalue weighted by Gasteiger charge is 2.65. The fraction of sp³-hybridized carbons (Fsp3) is 0.231. The van der Waals surface area contributed by atoms with Gasteiger partial charge in [0.1, 0.15) is 10.8 Å². The summed E-state index contributed by atoms with van der Waals surface area (Å²) in [5.41, 5.74) is 14.7. The standard InChI is InChI=1S/C26H20N6O11S/c1-2-11-42-26(39)17(12-15(24(36)25(26,37)38)21(33)13-7-4-3-5-8-13)43-44(40,41)16-10-6-9-14-18(16)19(29-31-27)20(30-32-28)23(35)22(14)34/h3-10,12,15,37-39H,2,11H2,1H3. The van der Waals surface area contributed by atoms with Crippen molar-refractivity contribution < 1.29 is 51.8 Å². The van der Waals surface area contributed by atoms with Crippen LogP contribution in [0.1, 0.15) is 39.6 Å². The van der Waals surface area contributed by atoms with E-state index in [-0.39, 0.29) is 12.0 Å². The number of carbonyl (C=O) groups excluding carboxylic acids is 4. The van der Waals surface area contributed by atoms with Gasteiger partial charge in [-0.3, -0.25) is 19.2 Å². The Hall–Kier alpha value is -5.19. The minimum Gasteiger partial charge on any atom is -0.378 e. The lowest BCUT2D eigenvalue weighted by atomic mass is 9.80. The molecule has 3 N–H and O–H groups in total. The van der Waals surface area contributed by atoms with Gasteiger partial charge in [0.25, 0.3) is 11.6 Å². The molecule has 18 heteroatoms. The normalized spacial score (nSPS) is 21.0. The Bertz CT molecular complexity index is 1870. The van der Waals surface area contributed by atoms with E-state index in [9.17, 15) is 42.9 Å². The molecule has 2 atom stereocenters. The van der Waals surface area contributed by atoms with Crippen molar-refractivity contribution in [2.75, 3.05) is 6.61 Å². The molecule has 44 heavy (non-hydrogen) atoms. The van der Waals surface area contributed by atoms with Crippen LogP contribution in [0.25, 0.3) is 26.6 Å². The van der Waals surface area contributed by atoms with Crippen LogP contribution >= 0.6 is 0 Å². The summed E-state index contributed by atoms with van der Waals surface area (Å²) in [6.45, 7) is 1.06. The highest BCUT2D eigenvalue weighted by atomic mass is 32.2. The van der Waals surface area contributed by atoms with Crippen molar-refractivity contribution in [3.8, 4) is 0 Å². The van der Waals surface area contributed by atoms with E-state index in [1.54, 1.807) is 6.07 Å².